The number of esters is 1. The van der Waals surface area contributed by atoms with Crippen molar-refractivity contribution in [1.29, 1.82) is 0 Å². The van der Waals surface area contributed by atoms with E-state index in [0.29, 0.717) is 17.2 Å². The molecule has 2 rings (SSSR count). The lowest BCUT2D eigenvalue weighted by Crippen LogP contribution is -2.03. The van der Waals surface area contributed by atoms with Crippen molar-refractivity contribution in [2.75, 3.05) is 12.3 Å². The number of rotatable bonds is 2. The Hall–Kier alpha value is -1.55. The number of hydrogen-bond donors (Lipinski definition) is 1. The first-order chi connectivity index (χ1) is 7.65. The maximum Gasteiger partial charge on any atom is 0.348 e. The zero-order chi connectivity index (χ0) is 11.7. The molecule has 0 radical (unpaired) electrons. The summed E-state index contributed by atoms with van der Waals surface area (Å²) in [4.78, 5) is 12.3. The van der Waals surface area contributed by atoms with Gasteiger partial charge >= 0.3 is 5.97 Å². The Labute approximate surface area is 97.8 Å². The Kier molecular flexibility index (Phi) is 2.83. The summed E-state index contributed by atoms with van der Waals surface area (Å²) in [6, 6.07) is 5.70. The summed E-state index contributed by atoms with van der Waals surface area (Å²) in [5.41, 5.74) is 7.52. The molecule has 0 bridgehead atoms. The lowest BCUT2D eigenvalue weighted by atomic mass is 10.1. The van der Waals surface area contributed by atoms with Crippen molar-refractivity contribution in [3.63, 3.8) is 0 Å². The van der Waals surface area contributed by atoms with Gasteiger partial charge in [0, 0.05) is 15.8 Å². The number of ether oxygens (including phenoxy) is 1. The molecular formula is C12H13NO2S. The molecule has 2 N–H and O–H groups in total. The van der Waals surface area contributed by atoms with Crippen LogP contribution in [0.3, 0.4) is 0 Å². The summed E-state index contributed by atoms with van der Waals surface area (Å²) < 4.78 is 6.04. The van der Waals surface area contributed by atoms with Crippen LogP contribution < -0.4 is 5.73 Å². The Morgan fingerprint density at radius 1 is 1.50 bits per heavy atom. The zero-order valence-corrected chi connectivity index (χ0v) is 10.1. The second-order valence-corrected chi connectivity index (χ2v) is 4.55. The summed E-state index contributed by atoms with van der Waals surface area (Å²) >= 11 is 1.43. The van der Waals surface area contributed by atoms with E-state index in [1.807, 2.05) is 25.1 Å². The molecule has 0 aliphatic carbocycles. The number of hydrogen-bond acceptors (Lipinski definition) is 4. The van der Waals surface area contributed by atoms with Gasteiger partial charge in [0.15, 0.2) is 0 Å². The minimum Gasteiger partial charge on any atom is -0.462 e. The quantitative estimate of drug-likeness (QED) is 0.643. The van der Waals surface area contributed by atoms with Gasteiger partial charge in [-0.15, -0.1) is 11.3 Å². The average molecular weight is 235 g/mol. The van der Waals surface area contributed by atoms with Gasteiger partial charge in [0.05, 0.1) is 6.61 Å². The summed E-state index contributed by atoms with van der Waals surface area (Å²) in [5, 5.41) is 0.968. The number of nitrogens with two attached hydrogens (primary N) is 1. The van der Waals surface area contributed by atoms with E-state index >= 15 is 0 Å². The third-order valence-corrected chi connectivity index (χ3v) is 3.68. The summed E-state index contributed by atoms with van der Waals surface area (Å²) in [7, 11) is 0. The fourth-order valence-corrected chi connectivity index (χ4v) is 2.86. The summed E-state index contributed by atoms with van der Waals surface area (Å²) in [6.07, 6.45) is 0. The molecule has 3 nitrogen and oxygen atoms in total. The molecule has 0 spiro atoms. The maximum absolute atomic E-state index is 11.7. The van der Waals surface area contributed by atoms with Crippen LogP contribution in [0.25, 0.3) is 10.1 Å². The molecule has 1 aromatic heterocycles. The van der Waals surface area contributed by atoms with Crippen molar-refractivity contribution in [2.45, 2.75) is 13.8 Å². The van der Waals surface area contributed by atoms with Crippen molar-refractivity contribution < 1.29 is 9.53 Å². The van der Waals surface area contributed by atoms with Gasteiger partial charge < -0.3 is 10.5 Å². The molecule has 0 saturated heterocycles. The van der Waals surface area contributed by atoms with Crippen molar-refractivity contribution >= 4 is 33.1 Å². The van der Waals surface area contributed by atoms with Crippen molar-refractivity contribution in [3.05, 3.63) is 28.6 Å². The van der Waals surface area contributed by atoms with E-state index < -0.39 is 0 Å². The Morgan fingerprint density at radius 3 is 2.88 bits per heavy atom. The lowest BCUT2D eigenvalue weighted by Gasteiger charge is -2.00. The monoisotopic (exact) mass is 235 g/mol. The molecule has 84 valence electrons. The number of aryl methyl sites for hydroxylation is 1. The fourth-order valence-electron chi connectivity index (χ4n) is 1.73. The average Bonchev–Trinajstić information content (AvgIpc) is 2.58. The Bertz CT molecular complexity index is 545. The van der Waals surface area contributed by atoms with E-state index in [4.69, 9.17) is 10.5 Å². The number of fused-ring (bicyclic) bond motifs is 1. The van der Waals surface area contributed by atoms with Gasteiger partial charge in [-0.2, -0.15) is 0 Å². The van der Waals surface area contributed by atoms with E-state index in [-0.39, 0.29) is 5.97 Å². The van der Waals surface area contributed by atoms with Crippen molar-refractivity contribution in [3.8, 4) is 0 Å². The van der Waals surface area contributed by atoms with E-state index in [9.17, 15) is 4.79 Å². The molecule has 0 fully saturated rings. The smallest absolute Gasteiger partial charge is 0.348 e. The predicted octanol–water partition coefficient (Wildman–Crippen LogP) is 2.97. The topological polar surface area (TPSA) is 52.3 Å². The SMILES string of the molecule is CCOC(=O)c1sc2cccc(N)c2c1C. The molecule has 1 aromatic carbocycles. The van der Waals surface area contributed by atoms with Gasteiger partial charge in [-0.05, 0) is 31.5 Å². The van der Waals surface area contributed by atoms with Crippen LogP contribution in [0.5, 0.6) is 0 Å². The van der Waals surface area contributed by atoms with Crippen LogP contribution in [0.2, 0.25) is 0 Å². The van der Waals surface area contributed by atoms with Gasteiger partial charge in [0.25, 0.3) is 0 Å². The number of benzene rings is 1. The van der Waals surface area contributed by atoms with E-state index in [0.717, 1.165) is 15.6 Å². The minimum absolute atomic E-state index is 0.263. The highest BCUT2D eigenvalue weighted by Crippen LogP contribution is 2.34. The van der Waals surface area contributed by atoms with Crippen LogP contribution in [-0.2, 0) is 4.74 Å². The van der Waals surface area contributed by atoms with Crippen LogP contribution in [0.1, 0.15) is 22.2 Å². The molecule has 4 heteroatoms. The predicted molar refractivity (Wildman–Crippen MR) is 66.9 cm³/mol. The molecule has 0 amide bonds. The van der Waals surface area contributed by atoms with Crippen LogP contribution in [0, 0.1) is 6.92 Å². The number of nitrogen functional groups attached to an aromatic ring is 1. The van der Waals surface area contributed by atoms with Crippen LogP contribution in [0.4, 0.5) is 5.69 Å². The maximum atomic E-state index is 11.7. The summed E-state index contributed by atoms with van der Waals surface area (Å²) in [6.45, 7) is 4.10. The Balaban J connectivity index is 2.61. The van der Waals surface area contributed by atoms with Gasteiger partial charge in [-0.25, -0.2) is 4.79 Å². The molecule has 0 aliphatic heterocycles. The first-order valence-corrected chi connectivity index (χ1v) is 5.91. The first kappa shape index (κ1) is 11.0. The van der Waals surface area contributed by atoms with Crippen LogP contribution >= 0.6 is 11.3 Å². The van der Waals surface area contributed by atoms with Crippen molar-refractivity contribution in [1.82, 2.24) is 0 Å². The van der Waals surface area contributed by atoms with Gasteiger partial charge in [-0.3, -0.25) is 0 Å². The van der Waals surface area contributed by atoms with E-state index in [1.165, 1.54) is 11.3 Å². The third-order valence-electron chi connectivity index (χ3n) is 2.45. The highest BCUT2D eigenvalue weighted by Gasteiger charge is 2.17. The third kappa shape index (κ3) is 1.65. The molecule has 0 saturated carbocycles. The van der Waals surface area contributed by atoms with E-state index in [1.54, 1.807) is 6.92 Å². The van der Waals surface area contributed by atoms with Crippen molar-refractivity contribution in [2.24, 2.45) is 0 Å². The summed E-state index contributed by atoms with van der Waals surface area (Å²) in [5.74, 6) is -0.263. The van der Waals surface area contributed by atoms with Gasteiger partial charge in [0.1, 0.15) is 4.88 Å². The number of anilines is 1. The van der Waals surface area contributed by atoms with E-state index in [2.05, 4.69) is 0 Å². The largest absolute Gasteiger partial charge is 0.462 e. The number of carbonyl (C=O) groups is 1. The Morgan fingerprint density at radius 2 is 2.25 bits per heavy atom. The molecule has 1 heterocycles. The second-order valence-electron chi connectivity index (χ2n) is 3.50. The highest BCUT2D eigenvalue weighted by molar-refractivity contribution is 7.21. The zero-order valence-electron chi connectivity index (χ0n) is 9.24. The van der Waals surface area contributed by atoms with Gasteiger partial charge in [-0.1, -0.05) is 6.07 Å². The molecule has 0 unspecified atom stereocenters. The number of thiophene rings is 1. The van der Waals surface area contributed by atoms with Gasteiger partial charge in [0.2, 0.25) is 0 Å². The molecule has 0 atom stereocenters. The minimum atomic E-state index is -0.263. The molecule has 2 aromatic rings. The fraction of sp³-hybridized carbons (Fsp3) is 0.250. The molecule has 16 heavy (non-hydrogen) atoms. The highest BCUT2D eigenvalue weighted by atomic mass is 32.1. The second kappa shape index (κ2) is 4.14. The van der Waals surface area contributed by atoms with Crippen LogP contribution in [-0.4, -0.2) is 12.6 Å². The normalized spacial score (nSPS) is 10.6. The van der Waals surface area contributed by atoms with Crippen LogP contribution in [0.15, 0.2) is 18.2 Å². The standard InChI is InChI=1S/C12H13NO2S/c1-3-15-12(14)11-7(2)10-8(13)5-4-6-9(10)16-11/h4-6H,3,13H2,1-2H3. The molecule has 0 aliphatic rings. The number of carbonyl (C=O) groups excluding carboxylic acids is 1. The lowest BCUT2D eigenvalue weighted by molar-refractivity contribution is 0.0531. The first-order valence-electron chi connectivity index (χ1n) is 5.09. The molecular weight excluding hydrogens is 222 g/mol.